The number of hydrogen-bond donors (Lipinski definition) is 2. The van der Waals surface area contributed by atoms with Crippen LogP contribution < -0.4 is 5.32 Å². The number of aromatic nitrogens is 1. The van der Waals surface area contributed by atoms with E-state index in [0.29, 0.717) is 18.0 Å². The predicted molar refractivity (Wildman–Crippen MR) is 96.2 cm³/mol. The van der Waals surface area contributed by atoms with Crippen LogP contribution in [0, 0.1) is 5.92 Å². The van der Waals surface area contributed by atoms with Gasteiger partial charge in [-0.2, -0.15) is 0 Å². The molecular formula is C20H24N2O3. The molecule has 1 amide bonds. The molecular weight excluding hydrogens is 316 g/mol. The van der Waals surface area contributed by atoms with Crippen LogP contribution in [0.3, 0.4) is 0 Å². The second kappa shape index (κ2) is 8.12. The van der Waals surface area contributed by atoms with Crippen LogP contribution in [0.25, 0.3) is 0 Å². The van der Waals surface area contributed by atoms with Crippen molar-refractivity contribution in [1.29, 1.82) is 0 Å². The number of pyridine rings is 1. The topological polar surface area (TPSA) is 71.5 Å². The maximum atomic E-state index is 12.1. The third-order valence-electron chi connectivity index (χ3n) is 4.66. The molecule has 1 aliphatic carbocycles. The van der Waals surface area contributed by atoms with Gasteiger partial charge >= 0.3 is 6.09 Å². The molecule has 3 rings (SSSR count). The fourth-order valence-corrected chi connectivity index (χ4v) is 3.56. The molecule has 2 N–H and O–H groups in total. The molecule has 1 saturated carbocycles. The quantitative estimate of drug-likeness (QED) is 0.879. The summed E-state index contributed by atoms with van der Waals surface area (Å²) in [5, 5.41) is 12.9. The largest absolute Gasteiger partial charge is 0.444 e. The molecule has 0 unspecified atom stereocenters. The van der Waals surface area contributed by atoms with E-state index in [1.54, 1.807) is 12.4 Å². The SMILES string of the molecule is C[C@@H]1C[C@H](O)C[C@H](c2ccncc2NC(=O)OCc2ccccc2)C1. The minimum atomic E-state index is -0.498. The monoisotopic (exact) mass is 340 g/mol. The molecule has 3 atom stereocenters. The van der Waals surface area contributed by atoms with Gasteiger partial charge in [-0.25, -0.2) is 4.79 Å². The van der Waals surface area contributed by atoms with Crippen molar-refractivity contribution in [3.05, 3.63) is 59.9 Å². The average Bonchev–Trinajstić information content (AvgIpc) is 2.60. The second-order valence-corrected chi connectivity index (χ2v) is 6.81. The van der Waals surface area contributed by atoms with Crippen molar-refractivity contribution in [2.24, 2.45) is 5.92 Å². The number of nitrogens with zero attached hydrogens (tertiary/aromatic N) is 1. The maximum absolute atomic E-state index is 12.1. The Kier molecular flexibility index (Phi) is 5.66. The smallest absolute Gasteiger partial charge is 0.412 e. The molecule has 0 spiro atoms. The molecule has 1 heterocycles. The summed E-state index contributed by atoms with van der Waals surface area (Å²) in [5.74, 6) is 0.672. The van der Waals surface area contributed by atoms with Gasteiger partial charge in [0.1, 0.15) is 6.61 Å². The van der Waals surface area contributed by atoms with Crippen molar-refractivity contribution >= 4 is 11.8 Å². The lowest BCUT2D eigenvalue weighted by Crippen LogP contribution is -2.25. The summed E-state index contributed by atoms with van der Waals surface area (Å²) >= 11 is 0. The number of benzene rings is 1. The van der Waals surface area contributed by atoms with Gasteiger partial charge in [0.05, 0.1) is 18.0 Å². The summed E-state index contributed by atoms with van der Waals surface area (Å²) in [6.45, 7) is 2.37. The second-order valence-electron chi connectivity index (χ2n) is 6.81. The van der Waals surface area contributed by atoms with Gasteiger partial charge in [0.15, 0.2) is 0 Å². The highest BCUT2D eigenvalue weighted by Gasteiger charge is 2.28. The molecule has 1 fully saturated rings. The fraction of sp³-hybridized carbons (Fsp3) is 0.400. The summed E-state index contributed by atoms with van der Waals surface area (Å²) < 4.78 is 5.29. The average molecular weight is 340 g/mol. The van der Waals surface area contributed by atoms with Gasteiger partial charge < -0.3 is 9.84 Å². The highest BCUT2D eigenvalue weighted by molar-refractivity contribution is 5.85. The molecule has 0 aliphatic heterocycles. The van der Waals surface area contributed by atoms with Crippen LogP contribution in [0.1, 0.15) is 43.2 Å². The Bertz CT molecular complexity index is 695. The molecule has 1 aliphatic rings. The van der Waals surface area contributed by atoms with E-state index in [2.05, 4.69) is 17.2 Å². The van der Waals surface area contributed by atoms with Crippen LogP contribution in [0.15, 0.2) is 48.8 Å². The Hall–Kier alpha value is -2.40. The number of aliphatic hydroxyl groups excluding tert-OH is 1. The lowest BCUT2D eigenvalue weighted by molar-refractivity contribution is 0.0947. The summed E-state index contributed by atoms with van der Waals surface area (Å²) in [4.78, 5) is 16.3. The summed E-state index contributed by atoms with van der Waals surface area (Å²) in [6, 6.07) is 11.5. The molecule has 1 aromatic carbocycles. The van der Waals surface area contributed by atoms with Crippen molar-refractivity contribution in [3.63, 3.8) is 0 Å². The van der Waals surface area contributed by atoms with Crippen LogP contribution in [0.4, 0.5) is 10.5 Å². The number of anilines is 1. The summed E-state index contributed by atoms with van der Waals surface area (Å²) in [5.41, 5.74) is 2.61. The molecule has 0 saturated heterocycles. The predicted octanol–water partition coefficient (Wildman–Crippen LogP) is 4.09. The molecule has 5 heteroatoms. The molecule has 2 aromatic rings. The van der Waals surface area contributed by atoms with Gasteiger partial charge in [0.2, 0.25) is 0 Å². The number of carbonyl (C=O) groups is 1. The van der Waals surface area contributed by atoms with Gasteiger partial charge in [0.25, 0.3) is 0 Å². The van der Waals surface area contributed by atoms with E-state index >= 15 is 0 Å². The van der Waals surface area contributed by atoms with Crippen LogP contribution in [0.5, 0.6) is 0 Å². The van der Waals surface area contributed by atoms with Crippen molar-refractivity contribution in [2.45, 2.75) is 44.8 Å². The molecule has 132 valence electrons. The van der Waals surface area contributed by atoms with Gasteiger partial charge in [0, 0.05) is 6.20 Å². The number of ether oxygens (including phenoxy) is 1. The Balaban J connectivity index is 1.65. The Labute approximate surface area is 148 Å². The molecule has 1 aromatic heterocycles. The van der Waals surface area contributed by atoms with Gasteiger partial charge in [-0.15, -0.1) is 0 Å². The van der Waals surface area contributed by atoms with E-state index in [1.165, 1.54) is 0 Å². The van der Waals surface area contributed by atoms with Crippen molar-refractivity contribution in [1.82, 2.24) is 4.98 Å². The zero-order valence-electron chi connectivity index (χ0n) is 14.4. The number of nitrogens with one attached hydrogen (secondary N) is 1. The van der Waals surface area contributed by atoms with Crippen molar-refractivity contribution < 1.29 is 14.6 Å². The van der Waals surface area contributed by atoms with Gasteiger partial charge in [-0.1, -0.05) is 37.3 Å². The third-order valence-corrected chi connectivity index (χ3v) is 4.66. The molecule has 5 nitrogen and oxygen atoms in total. The zero-order chi connectivity index (χ0) is 17.6. The standard InChI is InChI=1S/C20H24N2O3/c1-14-9-16(11-17(23)10-14)18-7-8-21-12-19(18)22-20(24)25-13-15-5-3-2-4-6-15/h2-8,12,14,16-17,23H,9-11,13H2,1H3,(H,22,24)/t14-,16+,17-/m0/s1. The number of aliphatic hydroxyl groups is 1. The molecule has 0 radical (unpaired) electrons. The van der Waals surface area contributed by atoms with Crippen LogP contribution in [-0.2, 0) is 11.3 Å². The number of amides is 1. The minimum absolute atomic E-state index is 0.214. The van der Waals surface area contributed by atoms with Gasteiger partial charge in [-0.05, 0) is 48.3 Å². The highest BCUT2D eigenvalue weighted by Crippen LogP contribution is 2.38. The molecule has 25 heavy (non-hydrogen) atoms. The lowest BCUT2D eigenvalue weighted by Gasteiger charge is -2.31. The first-order valence-electron chi connectivity index (χ1n) is 8.71. The van der Waals surface area contributed by atoms with Crippen LogP contribution in [0.2, 0.25) is 0 Å². The number of carbonyl (C=O) groups excluding carboxylic acids is 1. The Morgan fingerprint density at radius 3 is 2.80 bits per heavy atom. The third kappa shape index (κ3) is 4.79. The normalized spacial score (nSPS) is 23.0. The van der Waals surface area contributed by atoms with Crippen molar-refractivity contribution in [2.75, 3.05) is 5.32 Å². The number of hydrogen-bond acceptors (Lipinski definition) is 4. The van der Waals surface area contributed by atoms with E-state index < -0.39 is 6.09 Å². The van der Waals surface area contributed by atoms with E-state index in [0.717, 1.165) is 24.0 Å². The van der Waals surface area contributed by atoms with Crippen LogP contribution >= 0.6 is 0 Å². The van der Waals surface area contributed by atoms with E-state index in [9.17, 15) is 9.90 Å². The van der Waals surface area contributed by atoms with Gasteiger partial charge in [-0.3, -0.25) is 10.3 Å². The first-order valence-corrected chi connectivity index (χ1v) is 8.71. The van der Waals surface area contributed by atoms with E-state index in [-0.39, 0.29) is 18.6 Å². The number of rotatable bonds is 4. The highest BCUT2D eigenvalue weighted by atomic mass is 16.5. The fourth-order valence-electron chi connectivity index (χ4n) is 3.56. The molecule has 0 bridgehead atoms. The first-order chi connectivity index (χ1) is 12.1. The van der Waals surface area contributed by atoms with E-state index in [1.807, 2.05) is 36.4 Å². The summed E-state index contributed by atoms with van der Waals surface area (Å²) in [6.07, 6.45) is 5.12. The van der Waals surface area contributed by atoms with Crippen LogP contribution in [-0.4, -0.2) is 22.3 Å². The lowest BCUT2D eigenvalue weighted by atomic mass is 9.77. The Morgan fingerprint density at radius 1 is 1.24 bits per heavy atom. The minimum Gasteiger partial charge on any atom is -0.444 e. The van der Waals surface area contributed by atoms with Crippen molar-refractivity contribution in [3.8, 4) is 0 Å². The maximum Gasteiger partial charge on any atom is 0.412 e. The first kappa shape index (κ1) is 17.4. The van der Waals surface area contributed by atoms with E-state index in [4.69, 9.17) is 4.74 Å². The zero-order valence-corrected chi connectivity index (χ0v) is 14.4. The summed E-state index contributed by atoms with van der Waals surface area (Å²) in [7, 11) is 0. The Morgan fingerprint density at radius 2 is 2.04 bits per heavy atom.